The number of nitrogens with one attached hydrogen (secondary N) is 1. The van der Waals surface area contributed by atoms with Crippen molar-refractivity contribution in [2.24, 2.45) is 0 Å². The number of hydrogen-bond donors (Lipinski definition) is 1. The van der Waals surface area contributed by atoms with Gasteiger partial charge in [-0.15, -0.1) is 6.58 Å². The Bertz CT molecular complexity index is 318. The summed E-state index contributed by atoms with van der Waals surface area (Å²) in [4.78, 5) is 0. The molecule has 0 spiro atoms. The average molecular weight is 282 g/mol. The largest absolute Gasteiger partial charge is 0.308 e. The Morgan fingerprint density at radius 1 is 1.31 bits per heavy atom. The fourth-order valence-electron chi connectivity index (χ4n) is 1.73. The first-order chi connectivity index (χ1) is 7.63. The van der Waals surface area contributed by atoms with E-state index < -0.39 is 0 Å². The molecule has 16 heavy (non-hydrogen) atoms. The van der Waals surface area contributed by atoms with Crippen molar-refractivity contribution in [1.29, 1.82) is 0 Å². The van der Waals surface area contributed by atoms with E-state index in [9.17, 15) is 0 Å². The first kappa shape index (κ1) is 13.5. The van der Waals surface area contributed by atoms with Crippen molar-refractivity contribution in [3.05, 3.63) is 47.0 Å². The van der Waals surface area contributed by atoms with Crippen LogP contribution in [0.15, 0.2) is 41.4 Å². The molecular weight excluding hydrogens is 262 g/mol. The summed E-state index contributed by atoms with van der Waals surface area (Å²) in [6, 6.07) is 9.40. The van der Waals surface area contributed by atoms with Gasteiger partial charge in [0, 0.05) is 16.6 Å². The zero-order valence-corrected chi connectivity index (χ0v) is 11.6. The molecule has 1 N–H and O–H groups in total. The molecule has 0 heterocycles. The van der Waals surface area contributed by atoms with Crippen molar-refractivity contribution in [2.45, 2.75) is 38.8 Å². The number of allylic oxidation sites excluding steroid dienone is 1. The highest BCUT2D eigenvalue weighted by Gasteiger charge is 2.08. The van der Waals surface area contributed by atoms with Crippen LogP contribution in [0.2, 0.25) is 0 Å². The quantitative estimate of drug-likeness (QED) is 0.760. The number of halogens is 1. The molecule has 0 bridgehead atoms. The summed E-state index contributed by atoms with van der Waals surface area (Å²) >= 11 is 3.45. The zero-order chi connectivity index (χ0) is 12.0. The van der Waals surface area contributed by atoms with Gasteiger partial charge in [0.1, 0.15) is 0 Å². The van der Waals surface area contributed by atoms with Gasteiger partial charge in [0.05, 0.1) is 0 Å². The van der Waals surface area contributed by atoms with Crippen molar-refractivity contribution < 1.29 is 0 Å². The molecule has 1 aromatic carbocycles. The smallest absolute Gasteiger partial charge is 0.0294 e. The Morgan fingerprint density at radius 3 is 2.50 bits per heavy atom. The molecule has 0 amide bonds. The lowest BCUT2D eigenvalue weighted by molar-refractivity contribution is 0.459. The van der Waals surface area contributed by atoms with Crippen LogP contribution in [-0.4, -0.2) is 6.04 Å². The van der Waals surface area contributed by atoms with Gasteiger partial charge in [-0.3, -0.25) is 0 Å². The van der Waals surface area contributed by atoms with Gasteiger partial charge in [-0.2, -0.15) is 0 Å². The molecule has 0 aliphatic carbocycles. The maximum absolute atomic E-state index is 3.75. The Morgan fingerprint density at radius 2 is 1.94 bits per heavy atom. The summed E-state index contributed by atoms with van der Waals surface area (Å²) in [7, 11) is 0. The predicted molar refractivity (Wildman–Crippen MR) is 74.6 cm³/mol. The minimum atomic E-state index is 0.396. The summed E-state index contributed by atoms with van der Waals surface area (Å²) in [6.07, 6.45) is 4.19. The fourth-order valence-corrected chi connectivity index (χ4v) is 1.99. The van der Waals surface area contributed by atoms with Gasteiger partial charge in [-0.25, -0.2) is 0 Å². The van der Waals surface area contributed by atoms with Crippen molar-refractivity contribution in [1.82, 2.24) is 5.32 Å². The normalized spacial score (nSPS) is 14.4. The Labute approximate surface area is 107 Å². The van der Waals surface area contributed by atoms with Crippen LogP contribution in [0.1, 0.15) is 38.3 Å². The first-order valence-electron chi connectivity index (χ1n) is 5.76. The molecule has 0 aromatic heterocycles. The van der Waals surface area contributed by atoms with Crippen LogP contribution in [0.4, 0.5) is 0 Å². The number of rotatable bonds is 6. The van der Waals surface area contributed by atoms with Gasteiger partial charge in [0.2, 0.25) is 0 Å². The first-order valence-corrected chi connectivity index (χ1v) is 6.55. The van der Waals surface area contributed by atoms with E-state index in [1.54, 1.807) is 0 Å². The van der Waals surface area contributed by atoms with Gasteiger partial charge in [-0.05, 0) is 44.4 Å². The number of benzene rings is 1. The Kier molecular flexibility index (Phi) is 5.78. The van der Waals surface area contributed by atoms with E-state index in [1.807, 2.05) is 6.08 Å². The molecule has 0 aliphatic rings. The third-order valence-electron chi connectivity index (χ3n) is 2.71. The summed E-state index contributed by atoms with van der Waals surface area (Å²) in [5.74, 6) is 0. The van der Waals surface area contributed by atoms with E-state index >= 15 is 0 Å². The molecule has 1 rings (SSSR count). The Balaban J connectivity index is 2.48. The van der Waals surface area contributed by atoms with Crippen LogP contribution in [0, 0.1) is 0 Å². The highest BCUT2D eigenvalue weighted by Crippen LogP contribution is 2.17. The molecule has 88 valence electrons. The number of hydrogen-bond acceptors (Lipinski definition) is 1. The summed E-state index contributed by atoms with van der Waals surface area (Å²) in [5, 5.41) is 3.59. The minimum Gasteiger partial charge on any atom is -0.308 e. The van der Waals surface area contributed by atoms with E-state index in [2.05, 4.69) is 65.9 Å². The van der Waals surface area contributed by atoms with Gasteiger partial charge in [-0.1, -0.05) is 34.1 Å². The molecule has 1 aromatic rings. The summed E-state index contributed by atoms with van der Waals surface area (Å²) in [5.41, 5.74) is 1.33. The second-order valence-corrected chi connectivity index (χ2v) is 5.12. The van der Waals surface area contributed by atoms with Crippen LogP contribution < -0.4 is 5.32 Å². The highest BCUT2D eigenvalue weighted by molar-refractivity contribution is 9.10. The minimum absolute atomic E-state index is 0.396. The molecule has 0 aliphatic heterocycles. The van der Waals surface area contributed by atoms with Crippen LogP contribution in [0.3, 0.4) is 0 Å². The van der Waals surface area contributed by atoms with Crippen molar-refractivity contribution in [3.8, 4) is 0 Å². The lowest BCUT2D eigenvalue weighted by Gasteiger charge is -2.20. The maximum atomic E-state index is 3.75. The van der Waals surface area contributed by atoms with Crippen molar-refractivity contribution >= 4 is 15.9 Å². The van der Waals surface area contributed by atoms with Crippen molar-refractivity contribution in [3.63, 3.8) is 0 Å². The molecule has 1 unspecified atom stereocenters. The molecule has 2 atom stereocenters. The van der Waals surface area contributed by atoms with E-state index in [4.69, 9.17) is 0 Å². The van der Waals surface area contributed by atoms with E-state index in [1.165, 1.54) is 5.56 Å². The Hall–Kier alpha value is -0.600. The van der Waals surface area contributed by atoms with Crippen LogP contribution in [0.25, 0.3) is 0 Å². The average Bonchev–Trinajstić information content (AvgIpc) is 2.27. The maximum Gasteiger partial charge on any atom is 0.0294 e. The molecule has 1 nitrogen and oxygen atoms in total. The molecule has 2 heteroatoms. The monoisotopic (exact) mass is 281 g/mol. The molecule has 0 fully saturated rings. The van der Waals surface area contributed by atoms with Gasteiger partial charge < -0.3 is 5.32 Å². The zero-order valence-electron chi connectivity index (χ0n) is 10.0. The van der Waals surface area contributed by atoms with Crippen molar-refractivity contribution in [2.75, 3.05) is 0 Å². The van der Waals surface area contributed by atoms with Gasteiger partial charge >= 0.3 is 0 Å². The second-order valence-electron chi connectivity index (χ2n) is 4.21. The highest BCUT2D eigenvalue weighted by atomic mass is 79.9. The summed E-state index contributed by atoms with van der Waals surface area (Å²) < 4.78 is 1.13. The van der Waals surface area contributed by atoms with Crippen LogP contribution in [-0.2, 0) is 0 Å². The second kappa shape index (κ2) is 6.87. The molecule has 0 saturated carbocycles. The van der Waals surface area contributed by atoms with Crippen LogP contribution in [0.5, 0.6) is 0 Å². The van der Waals surface area contributed by atoms with E-state index in [0.29, 0.717) is 12.1 Å². The lowest BCUT2D eigenvalue weighted by atomic mass is 10.1. The van der Waals surface area contributed by atoms with Crippen LogP contribution >= 0.6 is 15.9 Å². The fraction of sp³-hybridized carbons (Fsp3) is 0.429. The topological polar surface area (TPSA) is 12.0 Å². The summed E-state index contributed by atoms with van der Waals surface area (Å²) in [6.45, 7) is 8.17. The molecule has 0 saturated heterocycles. The molecule has 0 radical (unpaired) electrons. The molecular formula is C14H20BrN. The van der Waals surface area contributed by atoms with E-state index in [-0.39, 0.29) is 0 Å². The van der Waals surface area contributed by atoms with Gasteiger partial charge in [0.15, 0.2) is 0 Å². The van der Waals surface area contributed by atoms with E-state index in [0.717, 1.165) is 17.3 Å². The third kappa shape index (κ3) is 4.50. The standard InChI is InChI=1S/C14H20BrN/c1-4-5-6-11(2)16-12(3)13-7-9-14(15)10-8-13/h4,7-12,16H,1,5-6H2,2-3H3/t11?,12-/m0/s1. The predicted octanol–water partition coefficient (Wildman–Crippen LogP) is 4.45. The van der Waals surface area contributed by atoms with Gasteiger partial charge in [0.25, 0.3) is 0 Å². The SMILES string of the molecule is C=CCCC(C)N[C@@H](C)c1ccc(Br)cc1. The third-order valence-corrected chi connectivity index (χ3v) is 3.24. The lowest BCUT2D eigenvalue weighted by Crippen LogP contribution is -2.28.